The second-order valence-electron chi connectivity index (χ2n) is 6.19. The van der Waals surface area contributed by atoms with Crippen LogP contribution in [0.4, 0.5) is 4.39 Å². The predicted molar refractivity (Wildman–Crippen MR) is 122 cm³/mol. The van der Waals surface area contributed by atoms with Crippen LogP contribution in [-0.4, -0.2) is 9.97 Å². The number of aryl methyl sites for hydroxylation is 2. The van der Waals surface area contributed by atoms with Gasteiger partial charge in [0.15, 0.2) is 0 Å². The van der Waals surface area contributed by atoms with E-state index in [0.29, 0.717) is 16.4 Å². The van der Waals surface area contributed by atoms with E-state index in [-0.39, 0.29) is 5.82 Å². The Morgan fingerprint density at radius 2 is 1.72 bits per heavy atom. The van der Waals surface area contributed by atoms with Crippen molar-refractivity contribution in [1.82, 2.24) is 9.97 Å². The molecule has 4 aromatic rings. The van der Waals surface area contributed by atoms with Gasteiger partial charge in [0.05, 0.1) is 21.6 Å². The number of nitrogens with zero attached hydrogens (tertiary/aromatic N) is 1. The molecule has 3 aromatic carbocycles. The summed E-state index contributed by atoms with van der Waals surface area (Å²) in [5.74, 6) is 0.0913. The number of terminal acetylenes is 1. The highest BCUT2D eigenvalue weighted by Gasteiger charge is 2.13. The van der Waals surface area contributed by atoms with E-state index >= 15 is 0 Å². The third kappa shape index (κ3) is 5.84. The largest absolute Gasteiger partial charge is 0.338 e. The van der Waals surface area contributed by atoms with Gasteiger partial charge in [-0.25, -0.2) is 9.37 Å². The summed E-state index contributed by atoms with van der Waals surface area (Å²) in [6.07, 6.45) is 8.95. The minimum atomic E-state index is -0.373. The first-order chi connectivity index (χ1) is 14.0. The zero-order valence-electron chi connectivity index (χ0n) is 16.2. The van der Waals surface area contributed by atoms with E-state index in [9.17, 15) is 4.39 Å². The number of nitrogens with one attached hydrogen (secondary N) is 1. The first-order valence-electron chi connectivity index (χ1n) is 8.96. The maximum atomic E-state index is 13.9. The molecule has 148 valence electrons. The molecule has 0 aliphatic heterocycles. The predicted octanol–water partition coefficient (Wildman–Crippen LogP) is 7.48. The Balaban J connectivity index is 0.000000252. The van der Waals surface area contributed by atoms with Gasteiger partial charge in [0.25, 0.3) is 0 Å². The molecule has 1 N–H and O–H groups in total. The number of imidazole rings is 1. The van der Waals surface area contributed by atoms with Crippen molar-refractivity contribution in [2.24, 2.45) is 0 Å². The Morgan fingerprint density at radius 1 is 1.00 bits per heavy atom. The van der Waals surface area contributed by atoms with E-state index in [0.717, 1.165) is 22.5 Å². The van der Waals surface area contributed by atoms with E-state index in [1.807, 2.05) is 49.4 Å². The first kappa shape index (κ1) is 22.5. The highest BCUT2D eigenvalue weighted by atomic mass is 35.5. The van der Waals surface area contributed by atoms with Crippen molar-refractivity contribution in [1.29, 1.82) is 0 Å². The molecule has 2 nitrogen and oxygen atoms in total. The maximum Gasteiger partial charge on any atom is 0.142 e. The van der Waals surface area contributed by atoms with Gasteiger partial charge in [-0.05, 0) is 60.9 Å². The zero-order chi connectivity index (χ0) is 21.4. The van der Waals surface area contributed by atoms with Crippen LogP contribution in [0.15, 0.2) is 60.7 Å². The van der Waals surface area contributed by atoms with Crippen molar-refractivity contribution < 1.29 is 4.39 Å². The molecular formula is C24H21Cl2FN2. The standard InChI is InChI=1S/C15H12ClFN2.C7H7Cl.C2H2/c1-2-9-6-7-12-13(8-9)19-15(18-12)14-10(16)4-3-5-11(14)17;1-6-3-2-4-7(8)5-6;1-2/h3-8H,2H2,1H3,(H,18,19);2-5H,1H3;1-2H. The van der Waals surface area contributed by atoms with Crippen molar-refractivity contribution in [3.05, 3.63) is 87.7 Å². The van der Waals surface area contributed by atoms with E-state index in [2.05, 4.69) is 29.7 Å². The second kappa shape index (κ2) is 10.7. The van der Waals surface area contributed by atoms with Gasteiger partial charge >= 0.3 is 0 Å². The number of aromatic nitrogens is 2. The molecule has 4 rings (SSSR count). The number of aromatic amines is 1. The minimum absolute atomic E-state index is 0.318. The third-order valence-electron chi connectivity index (χ3n) is 4.13. The normalized spacial score (nSPS) is 9.90. The smallest absolute Gasteiger partial charge is 0.142 e. The lowest BCUT2D eigenvalue weighted by atomic mass is 10.1. The monoisotopic (exact) mass is 426 g/mol. The average molecular weight is 427 g/mol. The fraction of sp³-hybridized carbons (Fsp3) is 0.125. The van der Waals surface area contributed by atoms with Crippen LogP contribution in [0.25, 0.3) is 22.4 Å². The van der Waals surface area contributed by atoms with Crippen LogP contribution in [0.3, 0.4) is 0 Å². The van der Waals surface area contributed by atoms with Gasteiger partial charge in [0.1, 0.15) is 11.6 Å². The molecule has 1 heterocycles. The summed E-state index contributed by atoms with van der Waals surface area (Å²) in [5.41, 5.74) is 4.44. The van der Waals surface area contributed by atoms with Gasteiger partial charge in [0, 0.05) is 5.02 Å². The Kier molecular flexibility index (Phi) is 8.27. The molecule has 0 spiro atoms. The summed E-state index contributed by atoms with van der Waals surface area (Å²) in [4.78, 5) is 7.53. The number of rotatable bonds is 2. The van der Waals surface area contributed by atoms with Crippen molar-refractivity contribution in [2.75, 3.05) is 0 Å². The Labute approximate surface area is 180 Å². The summed E-state index contributed by atoms with van der Waals surface area (Å²) in [5, 5.41) is 1.17. The molecule has 0 saturated carbocycles. The lowest BCUT2D eigenvalue weighted by Gasteiger charge is -2.01. The third-order valence-corrected chi connectivity index (χ3v) is 4.68. The molecule has 29 heavy (non-hydrogen) atoms. The van der Waals surface area contributed by atoms with Crippen LogP contribution in [-0.2, 0) is 6.42 Å². The summed E-state index contributed by atoms with van der Waals surface area (Å²) in [6, 6.07) is 18.4. The Bertz CT molecular complexity index is 1080. The van der Waals surface area contributed by atoms with Crippen LogP contribution in [0.2, 0.25) is 10.0 Å². The van der Waals surface area contributed by atoms with E-state index < -0.39 is 0 Å². The van der Waals surface area contributed by atoms with Crippen molar-refractivity contribution in [3.63, 3.8) is 0 Å². The number of halogens is 3. The van der Waals surface area contributed by atoms with Crippen molar-refractivity contribution >= 4 is 34.2 Å². The molecule has 0 saturated heterocycles. The van der Waals surface area contributed by atoms with Gasteiger partial charge in [-0.2, -0.15) is 0 Å². The average Bonchev–Trinajstić information content (AvgIpc) is 3.12. The van der Waals surface area contributed by atoms with Crippen molar-refractivity contribution in [2.45, 2.75) is 20.3 Å². The van der Waals surface area contributed by atoms with Crippen molar-refractivity contribution in [3.8, 4) is 24.2 Å². The highest BCUT2D eigenvalue weighted by molar-refractivity contribution is 6.33. The molecule has 0 bridgehead atoms. The molecule has 0 aliphatic rings. The molecule has 0 radical (unpaired) electrons. The summed E-state index contributed by atoms with van der Waals surface area (Å²) < 4.78 is 13.9. The number of benzene rings is 3. The van der Waals surface area contributed by atoms with E-state index in [1.54, 1.807) is 12.1 Å². The summed E-state index contributed by atoms with van der Waals surface area (Å²) >= 11 is 11.7. The SMILES string of the molecule is C#C.CCc1ccc2nc(-c3c(F)cccc3Cl)[nH]c2c1.Cc1cccc(Cl)c1. The molecule has 5 heteroatoms. The van der Waals surface area contributed by atoms with Crippen LogP contribution in [0, 0.1) is 25.6 Å². The number of hydrogen-bond acceptors (Lipinski definition) is 1. The summed E-state index contributed by atoms with van der Waals surface area (Å²) in [6.45, 7) is 4.11. The first-order valence-corrected chi connectivity index (χ1v) is 9.72. The number of H-pyrrole nitrogens is 1. The lowest BCUT2D eigenvalue weighted by molar-refractivity contribution is 0.630. The molecular weight excluding hydrogens is 406 g/mol. The van der Waals surface area contributed by atoms with Crippen LogP contribution < -0.4 is 0 Å². The number of hydrogen-bond donors (Lipinski definition) is 1. The van der Waals surface area contributed by atoms with Crippen LogP contribution in [0.5, 0.6) is 0 Å². The highest BCUT2D eigenvalue weighted by Crippen LogP contribution is 2.30. The fourth-order valence-electron chi connectivity index (χ4n) is 2.72. The lowest BCUT2D eigenvalue weighted by Crippen LogP contribution is -1.87. The molecule has 0 atom stereocenters. The fourth-order valence-corrected chi connectivity index (χ4v) is 3.22. The molecule has 0 aliphatic carbocycles. The van der Waals surface area contributed by atoms with Gasteiger partial charge < -0.3 is 4.98 Å². The van der Waals surface area contributed by atoms with Gasteiger partial charge in [0.2, 0.25) is 0 Å². The minimum Gasteiger partial charge on any atom is -0.338 e. The van der Waals surface area contributed by atoms with Gasteiger partial charge in [-0.3, -0.25) is 0 Å². The molecule has 1 aromatic heterocycles. The Hall–Kier alpha value is -2.80. The number of fused-ring (bicyclic) bond motifs is 1. The van der Waals surface area contributed by atoms with Gasteiger partial charge in [-0.1, -0.05) is 54.4 Å². The Morgan fingerprint density at radius 3 is 2.31 bits per heavy atom. The van der Waals surface area contributed by atoms with Crippen LogP contribution in [0.1, 0.15) is 18.1 Å². The van der Waals surface area contributed by atoms with E-state index in [1.165, 1.54) is 17.2 Å². The molecule has 0 fully saturated rings. The summed E-state index contributed by atoms with van der Waals surface area (Å²) in [7, 11) is 0. The van der Waals surface area contributed by atoms with Gasteiger partial charge in [-0.15, -0.1) is 12.8 Å². The molecule has 0 amide bonds. The molecule has 0 unspecified atom stereocenters. The zero-order valence-corrected chi connectivity index (χ0v) is 17.7. The van der Waals surface area contributed by atoms with E-state index in [4.69, 9.17) is 23.2 Å². The topological polar surface area (TPSA) is 28.7 Å². The maximum absolute atomic E-state index is 13.9. The van der Waals surface area contributed by atoms with Crippen LogP contribution >= 0.6 is 23.2 Å². The second-order valence-corrected chi connectivity index (χ2v) is 7.03. The quantitative estimate of drug-likeness (QED) is 0.330.